The molecule has 0 aromatic heterocycles. The van der Waals surface area contributed by atoms with Crippen LogP contribution >= 0.6 is 0 Å². The highest BCUT2D eigenvalue weighted by Gasteiger charge is 2.20. The van der Waals surface area contributed by atoms with Crippen LogP contribution in [0.25, 0.3) is 0 Å². The molecule has 29 heavy (non-hydrogen) atoms. The molecule has 0 saturated heterocycles. The predicted molar refractivity (Wildman–Crippen MR) is 114 cm³/mol. The molecule has 1 amide bonds. The highest BCUT2D eigenvalue weighted by Crippen LogP contribution is 2.18. The SMILES string of the molecule is CN(C)S(=O)(=O)c1ccc(C(=O)N(Cc2ccccc2)Cc2ccccc2)cc1. The molecular weight excluding hydrogens is 384 g/mol. The Kier molecular flexibility index (Phi) is 6.46. The molecule has 3 rings (SSSR count). The van der Waals surface area contributed by atoms with E-state index in [-0.39, 0.29) is 10.8 Å². The van der Waals surface area contributed by atoms with E-state index in [4.69, 9.17) is 0 Å². The minimum Gasteiger partial charge on any atom is -0.330 e. The second-order valence-corrected chi connectivity index (χ2v) is 9.10. The fourth-order valence-corrected chi connectivity index (χ4v) is 3.87. The number of hydrogen-bond donors (Lipinski definition) is 0. The Hall–Kier alpha value is -2.96. The maximum absolute atomic E-state index is 13.2. The van der Waals surface area contributed by atoms with E-state index in [1.165, 1.54) is 26.2 Å². The number of hydrogen-bond acceptors (Lipinski definition) is 3. The number of rotatable bonds is 7. The van der Waals surface area contributed by atoms with Crippen LogP contribution in [-0.2, 0) is 23.1 Å². The Morgan fingerprint density at radius 3 is 1.59 bits per heavy atom. The Labute approximate surface area is 172 Å². The lowest BCUT2D eigenvalue weighted by molar-refractivity contribution is 0.0730. The number of carbonyl (C=O) groups excluding carboxylic acids is 1. The molecule has 0 bridgehead atoms. The van der Waals surface area contributed by atoms with E-state index in [9.17, 15) is 13.2 Å². The van der Waals surface area contributed by atoms with Crippen LogP contribution in [0.1, 0.15) is 21.5 Å². The van der Waals surface area contributed by atoms with Crippen molar-refractivity contribution in [1.82, 2.24) is 9.21 Å². The fraction of sp³-hybridized carbons (Fsp3) is 0.174. The van der Waals surface area contributed by atoms with Gasteiger partial charge in [-0.25, -0.2) is 12.7 Å². The van der Waals surface area contributed by atoms with Gasteiger partial charge >= 0.3 is 0 Å². The summed E-state index contributed by atoms with van der Waals surface area (Å²) in [4.78, 5) is 15.1. The average Bonchev–Trinajstić information content (AvgIpc) is 2.74. The van der Waals surface area contributed by atoms with E-state index in [1.807, 2.05) is 60.7 Å². The van der Waals surface area contributed by atoms with E-state index < -0.39 is 10.0 Å². The summed E-state index contributed by atoms with van der Waals surface area (Å²) in [6.07, 6.45) is 0. The summed E-state index contributed by atoms with van der Waals surface area (Å²) in [7, 11) is -0.564. The van der Waals surface area contributed by atoms with Crippen LogP contribution < -0.4 is 0 Å². The summed E-state index contributed by atoms with van der Waals surface area (Å²) in [5.41, 5.74) is 2.52. The van der Waals surface area contributed by atoms with Gasteiger partial charge in [-0.15, -0.1) is 0 Å². The molecule has 0 N–H and O–H groups in total. The smallest absolute Gasteiger partial charge is 0.254 e. The zero-order valence-corrected chi connectivity index (χ0v) is 17.3. The van der Waals surface area contributed by atoms with Crippen molar-refractivity contribution in [1.29, 1.82) is 0 Å². The van der Waals surface area contributed by atoms with Crippen LogP contribution in [0.2, 0.25) is 0 Å². The van der Waals surface area contributed by atoms with Crippen LogP contribution in [0, 0.1) is 0 Å². The van der Waals surface area contributed by atoms with Crippen molar-refractivity contribution in [3.05, 3.63) is 102 Å². The third-order valence-electron chi connectivity index (χ3n) is 4.60. The van der Waals surface area contributed by atoms with Gasteiger partial charge in [0.2, 0.25) is 10.0 Å². The maximum Gasteiger partial charge on any atom is 0.254 e. The zero-order valence-electron chi connectivity index (χ0n) is 16.5. The van der Waals surface area contributed by atoms with Crippen molar-refractivity contribution >= 4 is 15.9 Å². The van der Waals surface area contributed by atoms with Crippen molar-refractivity contribution in [3.8, 4) is 0 Å². The highest BCUT2D eigenvalue weighted by atomic mass is 32.2. The third kappa shape index (κ3) is 5.10. The molecule has 0 saturated carbocycles. The van der Waals surface area contributed by atoms with Gasteiger partial charge in [-0.2, -0.15) is 0 Å². The fourth-order valence-electron chi connectivity index (χ4n) is 2.97. The molecule has 6 heteroatoms. The molecule has 150 valence electrons. The monoisotopic (exact) mass is 408 g/mol. The first kappa shape index (κ1) is 20.8. The Morgan fingerprint density at radius 2 is 1.17 bits per heavy atom. The lowest BCUT2D eigenvalue weighted by Crippen LogP contribution is -2.30. The van der Waals surface area contributed by atoms with Crippen LogP contribution in [-0.4, -0.2) is 37.6 Å². The highest BCUT2D eigenvalue weighted by molar-refractivity contribution is 7.89. The van der Waals surface area contributed by atoms with Gasteiger partial charge in [0.15, 0.2) is 0 Å². The largest absolute Gasteiger partial charge is 0.330 e. The molecule has 5 nitrogen and oxygen atoms in total. The number of nitrogens with zero attached hydrogens (tertiary/aromatic N) is 2. The molecular formula is C23H24N2O3S. The van der Waals surface area contributed by atoms with Gasteiger partial charge in [0.25, 0.3) is 5.91 Å². The first-order chi connectivity index (χ1) is 13.9. The predicted octanol–water partition coefficient (Wildman–Crippen LogP) is 3.78. The van der Waals surface area contributed by atoms with Crippen LogP contribution in [0.4, 0.5) is 0 Å². The summed E-state index contributed by atoms with van der Waals surface area (Å²) in [6, 6.07) is 25.7. The molecule has 3 aromatic rings. The summed E-state index contributed by atoms with van der Waals surface area (Å²) < 4.78 is 25.7. The normalized spacial score (nSPS) is 11.4. The van der Waals surface area contributed by atoms with Gasteiger partial charge in [0, 0.05) is 32.7 Å². The molecule has 0 atom stereocenters. The summed E-state index contributed by atoms with van der Waals surface area (Å²) >= 11 is 0. The lowest BCUT2D eigenvalue weighted by Gasteiger charge is -2.23. The van der Waals surface area contributed by atoms with Crippen molar-refractivity contribution in [2.24, 2.45) is 0 Å². The molecule has 0 fully saturated rings. The number of benzene rings is 3. The second-order valence-electron chi connectivity index (χ2n) is 6.94. The van der Waals surface area contributed by atoms with Crippen LogP contribution in [0.5, 0.6) is 0 Å². The Morgan fingerprint density at radius 1 is 0.724 bits per heavy atom. The van der Waals surface area contributed by atoms with E-state index in [1.54, 1.807) is 17.0 Å². The lowest BCUT2D eigenvalue weighted by atomic mass is 10.1. The first-order valence-electron chi connectivity index (χ1n) is 9.27. The Balaban J connectivity index is 1.87. The van der Waals surface area contributed by atoms with Gasteiger partial charge in [-0.1, -0.05) is 60.7 Å². The maximum atomic E-state index is 13.2. The molecule has 0 radical (unpaired) electrons. The third-order valence-corrected chi connectivity index (χ3v) is 6.43. The second kappa shape index (κ2) is 9.03. The van der Waals surface area contributed by atoms with Gasteiger partial charge in [-0.05, 0) is 35.4 Å². The van der Waals surface area contributed by atoms with Crippen molar-refractivity contribution in [2.75, 3.05) is 14.1 Å². The van der Waals surface area contributed by atoms with Gasteiger partial charge in [0.05, 0.1) is 4.90 Å². The Bertz CT molecular complexity index is 1010. The molecule has 0 aliphatic rings. The molecule has 0 aliphatic heterocycles. The quantitative estimate of drug-likeness (QED) is 0.598. The van der Waals surface area contributed by atoms with E-state index >= 15 is 0 Å². The molecule has 0 aliphatic carbocycles. The summed E-state index contributed by atoms with van der Waals surface area (Å²) in [5, 5.41) is 0. The minimum atomic E-state index is -3.53. The van der Waals surface area contributed by atoms with Crippen molar-refractivity contribution in [3.63, 3.8) is 0 Å². The van der Waals surface area contributed by atoms with Crippen molar-refractivity contribution < 1.29 is 13.2 Å². The molecule has 3 aromatic carbocycles. The van der Waals surface area contributed by atoms with Gasteiger partial charge < -0.3 is 4.90 Å². The van der Waals surface area contributed by atoms with Crippen molar-refractivity contribution in [2.45, 2.75) is 18.0 Å². The minimum absolute atomic E-state index is 0.147. The number of carbonyl (C=O) groups is 1. The molecule has 0 unspecified atom stereocenters. The molecule has 0 heterocycles. The standard InChI is InChI=1S/C23H24N2O3S/c1-24(2)29(27,28)22-15-13-21(14-16-22)23(26)25(17-19-9-5-3-6-10-19)18-20-11-7-4-8-12-20/h3-16H,17-18H2,1-2H3. The topological polar surface area (TPSA) is 57.7 Å². The van der Waals surface area contributed by atoms with E-state index in [0.717, 1.165) is 15.4 Å². The zero-order chi connectivity index (χ0) is 20.9. The summed E-state index contributed by atoms with van der Waals surface area (Å²) in [5.74, 6) is -0.147. The van der Waals surface area contributed by atoms with E-state index in [0.29, 0.717) is 18.7 Å². The summed E-state index contributed by atoms with van der Waals surface area (Å²) in [6.45, 7) is 0.929. The van der Waals surface area contributed by atoms with Crippen LogP contribution in [0.15, 0.2) is 89.8 Å². The first-order valence-corrected chi connectivity index (χ1v) is 10.7. The average molecular weight is 409 g/mol. The van der Waals surface area contributed by atoms with E-state index in [2.05, 4.69) is 0 Å². The van der Waals surface area contributed by atoms with Gasteiger partial charge in [0.1, 0.15) is 0 Å². The van der Waals surface area contributed by atoms with Gasteiger partial charge in [-0.3, -0.25) is 4.79 Å². The molecule has 0 spiro atoms. The number of amides is 1. The number of sulfonamides is 1. The van der Waals surface area contributed by atoms with Crippen LogP contribution in [0.3, 0.4) is 0 Å².